The monoisotopic (exact) mass is 600 g/mol. The molecule has 3 aromatic heterocycles. The molecule has 47 heavy (non-hydrogen) atoms. The third kappa shape index (κ3) is 4.10. The van der Waals surface area contributed by atoms with E-state index in [-0.39, 0.29) is 0 Å². The molecule has 10 rings (SSSR count). The normalized spacial score (nSPS) is 11.8. The number of furan rings is 1. The van der Waals surface area contributed by atoms with Crippen LogP contribution in [0.25, 0.3) is 99.3 Å². The average Bonchev–Trinajstić information content (AvgIpc) is 3.50. The zero-order chi connectivity index (χ0) is 30.9. The zero-order valence-corrected chi connectivity index (χ0v) is 25.1. The molecule has 5 nitrogen and oxygen atoms in total. The maximum absolute atomic E-state index is 6.16. The van der Waals surface area contributed by atoms with Crippen LogP contribution in [0.5, 0.6) is 0 Å². The van der Waals surface area contributed by atoms with Crippen LogP contribution in [0, 0.1) is 0 Å². The number of para-hydroxylation sites is 2. The van der Waals surface area contributed by atoms with Gasteiger partial charge in [-0.3, -0.25) is 4.98 Å². The zero-order valence-electron chi connectivity index (χ0n) is 25.1. The molecule has 0 atom stereocenters. The first-order chi connectivity index (χ1) is 23.3. The van der Waals surface area contributed by atoms with Crippen LogP contribution < -0.4 is 0 Å². The molecule has 0 saturated heterocycles. The number of hydrogen-bond acceptors (Lipinski definition) is 5. The lowest BCUT2D eigenvalue weighted by molar-refractivity contribution is 0.669. The summed E-state index contributed by atoms with van der Waals surface area (Å²) in [6.45, 7) is 0. The molecule has 0 bridgehead atoms. The Labute approximate surface area is 268 Å². The standard InChI is InChI=1S/C42H24N4O/c1-2-10-25(11-3-1)40-44-41(27-19-18-26-23-38-34(21-28(26)20-27)31-13-7-9-17-37(31)47-38)46-42(45-40)35-22-29-24-43-36-16-8-6-15-33(36)39(29)32-14-5-4-12-30(32)35/h1-24H. The summed E-state index contributed by atoms with van der Waals surface area (Å²) in [6.07, 6.45) is 1.96. The first-order valence-electron chi connectivity index (χ1n) is 15.6. The number of nitrogens with zero attached hydrogens (tertiary/aromatic N) is 4. The van der Waals surface area contributed by atoms with Crippen molar-refractivity contribution in [1.82, 2.24) is 19.9 Å². The van der Waals surface area contributed by atoms with Crippen molar-refractivity contribution in [2.45, 2.75) is 0 Å². The maximum Gasteiger partial charge on any atom is 0.164 e. The van der Waals surface area contributed by atoms with Crippen molar-refractivity contribution >= 4 is 65.2 Å². The Morgan fingerprint density at radius 2 is 1.11 bits per heavy atom. The minimum absolute atomic E-state index is 0.619. The lowest BCUT2D eigenvalue weighted by Crippen LogP contribution is -2.01. The second kappa shape index (κ2) is 10.0. The summed E-state index contributed by atoms with van der Waals surface area (Å²) >= 11 is 0. The molecule has 0 spiro atoms. The Morgan fingerprint density at radius 1 is 0.404 bits per heavy atom. The summed E-state index contributed by atoms with van der Waals surface area (Å²) < 4.78 is 6.16. The summed E-state index contributed by atoms with van der Waals surface area (Å²) in [5, 5.41) is 9.97. The lowest BCUT2D eigenvalue weighted by Gasteiger charge is -2.13. The second-order valence-corrected chi connectivity index (χ2v) is 11.9. The van der Waals surface area contributed by atoms with E-state index in [0.29, 0.717) is 17.5 Å². The molecular formula is C42H24N4O. The fourth-order valence-electron chi connectivity index (χ4n) is 6.87. The van der Waals surface area contributed by atoms with Crippen molar-refractivity contribution in [3.8, 4) is 34.2 Å². The van der Waals surface area contributed by atoms with Crippen molar-refractivity contribution in [3.63, 3.8) is 0 Å². The van der Waals surface area contributed by atoms with Gasteiger partial charge in [-0.25, -0.2) is 15.0 Å². The molecule has 10 aromatic rings. The van der Waals surface area contributed by atoms with Crippen molar-refractivity contribution in [2.24, 2.45) is 0 Å². The Kier molecular flexibility index (Phi) is 5.51. The van der Waals surface area contributed by atoms with Crippen LogP contribution in [0.1, 0.15) is 0 Å². The third-order valence-electron chi connectivity index (χ3n) is 9.09. The van der Waals surface area contributed by atoms with Crippen LogP contribution in [0.4, 0.5) is 0 Å². The number of hydrogen-bond donors (Lipinski definition) is 0. The largest absolute Gasteiger partial charge is 0.456 e. The molecule has 0 amide bonds. The van der Waals surface area contributed by atoms with Gasteiger partial charge in [-0.15, -0.1) is 0 Å². The molecule has 0 fully saturated rings. The molecule has 3 heterocycles. The van der Waals surface area contributed by atoms with Gasteiger partial charge in [0.2, 0.25) is 0 Å². The minimum atomic E-state index is 0.619. The van der Waals surface area contributed by atoms with Crippen LogP contribution in [-0.4, -0.2) is 19.9 Å². The number of pyridine rings is 1. The second-order valence-electron chi connectivity index (χ2n) is 11.9. The van der Waals surface area contributed by atoms with Gasteiger partial charge in [-0.2, -0.15) is 0 Å². The maximum atomic E-state index is 6.16. The molecule has 0 aliphatic heterocycles. The lowest BCUT2D eigenvalue weighted by atomic mass is 9.95. The minimum Gasteiger partial charge on any atom is -0.456 e. The number of fused-ring (bicyclic) bond motifs is 9. The molecule has 0 unspecified atom stereocenters. The van der Waals surface area contributed by atoms with E-state index in [4.69, 9.17) is 24.4 Å². The predicted octanol–water partition coefficient (Wildman–Crippen LogP) is 10.8. The highest BCUT2D eigenvalue weighted by atomic mass is 16.3. The molecule has 218 valence electrons. The third-order valence-corrected chi connectivity index (χ3v) is 9.09. The number of rotatable bonds is 3. The Hall–Kier alpha value is -6.46. The highest BCUT2D eigenvalue weighted by Crippen LogP contribution is 2.38. The summed E-state index contributed by atoms with van der Waals surface area (Å²) in [7, 11) is 0. The van der Waals surface area contributed by atoms with Gasteiger partial charge in [0, 0.05) is 49.8 Å². The molecule has 0 radical (unpaired) electrons. The van der Waals surface area contributed by atoms with Crippen molar-refractivity contribution in [3.05, 3.63) is 146 Å². The van der Waals surface area contributed by atoms with Crippen LogP contribution >= 0.6 is 0 Å². The summed E-state index contributed by atoms with van der Waals surface area (Å²) in [6, 6.07) is 47.9. The molecular weight excluding hydrogens is 576 g/mol. The van der Waals surface area contributed by atoms with Crippen LogP contribution in [-0.2, 0) is 0 Å². The SMILES string of the molecule is c1ccc(-c2nc(-c3ccc4cc5oc6ccccc6c5cc4c3)nc(-c3cc4cnc5ccccc5c4c4ccccc34)n2)cc1. The van der Waals surface area contributed by atoms with E-state index in [1.807, 2.05) is 60.8 Å². The van der Waals surface area contributed by atoms with Gasteiger partial charge in [0.1, 0.15) is 11.2 Å². The summed E-state index contributed by atoms with van der Waals surface area (Å²) in [4.78, 5) is 20.1. The van der Waals surface area contributed by atoms with E-state index in [0.717, 1.165) is 76.5 Å². The highest BCUT2D eigenvalue weighted by Gasteiger charge is 2.18. The molecule has 0 saturated carbocycles. The molecule has 0 aliphatic rings. The molecule has 0 N–H and O–H groups in total. The molecule has 7 aromatic carbocycles. The van der Waals surface area contributed by atoms with Crippen molar-refractivity contribution in [2.75, 3.05) is 0 Å². The quantitative estimate of drug-likeness (QED) is 0.189. The Bertz CT molecular complexity index is 2860. The predicted molar refractivity (Wildman–Crippen MR) is 191 cm³/mol. The fourth-order valence-corrected chi connectivity index (χ4v) is 6.87. The van der Waals surface area contributed by atoms with Crippen LogP contribution in [0.2, 0.25) is 0 Å². The highest BCUT2D eigenvalue weighted by molar-refractivity contribution is 6.22. The van der Waals surface area contributed by atoms with E-state index >= 15 is 0 Å². The van der Waals surface area contributed by atoms with Gasteiger partial charge in [0.15, 0.2) is 17.5 Å². The van der Waals surface area contributed by atoms with E-state index in [1.54, 1.807) is 0 Å². The summed E-state index contributed by atoms with van der Waals surface area (Å²) in [5.41, 5.74) is 5.54. The van der Waals surface area contributed by atoms with Gasteiger partial charge in [0.25, 0.3) is 0 Å². The Morgan fingerprint density at radius 3 is 1.98 bits per heavy atom. The number of benzene rings is 7. The fraction of sp³-hybridized carbons (Fsp3) is 0. The van der Waals surface area contributed by atoms with Gasteiger partial charge in [0.05, 0.1) is 5.52 Å². The smallest absolute Gasteiger partial charge is 0.164 e. The summed E-state index contributed by atoms with van der Waals surface area (Å²) in [5.74, 6) is 1.87. The van der Waals surface area contributed by atoms with Crippen molar-refractivity contribution < 1.29 is 4.42 Å². The topological polar surface area (TPSA) is 64.7 Å². The van der Waals surface area contributed by atoms with Gasteiger partial charge >= 0.3 is 0 Å². The van der Waals surface area contributed by atoms with E-state index in [2.05, 4.69) is 84.9 Å². The van der Waals surface area contributed by atoms with Crippen molar-refractivity contribution in [1.29, 1.82) is 0 Å². The van der Waals surface area contributed by atoms with E-state index in [9.17, 15) is 0 Å². The van der Waals surface area contributed by atoms with E-state index in [1.165, 1.54) is 5.39 Å². The number of aromatic nitrogens is 4. The Balaban J connectivity index is 1.22. The molecule has 0 aliphatic carbocycles. The van der Waals surface area contributed by atoms with Gasteiger partial charge in [-0.05, 0) is 57.9 Å². The van der Waals surface area contributed by atoms with Crippen LogP contribution in [0.15, 0.2) is 150 Å². The average molecular weight is 601 g/mol. The van der Waals surface area contributed by atoms with E-state index < -0.39 is 0 Å². The van der Waals surface area contributed by atoms with Crippen LogP contribution in [0.3, 0.4) is 0 Å². The van der Waals surface area contributed by atoms with Gasteiger partial charge in [-0.1, -0.05) is 103 Å². The first-order valence-corrected chi connectivity index (χ1v) is 15.6. The van der Waals surface area contributed by atoms with Gasteiger partial charge < -0.3 is 4.42 Å². The molecule has 5 heteroatoms. The first kappa shape index (κ1) is 25.8.